The Morgan fingerprint density at radius 2 is 2.20 bits per heavy atom. The van der Waals surface area contributed by atoms with E-state index in [0.717, 1.165) is 5.56 Å². The number of nitrogens with two attached hydrogens (primary N) is 1. The van der Waals surface area contributed by atoms with Crippen molar-refractivity contribution in [3.05, 3.63) is 24.0 Å². The predicted molar refractivity (Wildman–Crippen MR) is 58.8 cm³/mol. The van der Waals surface area contributed by atoms with Crippen molar-refractivity contribution in [3.8, 4) is 5.75 Å². The minimum atomic E-state index is -0.176. The summed E-state index contributed by atoms with van der Waals surface area (Å²) in [5, 5.41) is 0. The number of pyridine rings is 1. The molecule has 1 heterocycles. The molecule has 0 aliphatic heterocycles. The minimum absolute atomic E-state index is 0.176. The summed E-state index contributed by atoms with van der Waals surface area (Å²) >= 11 is 0. The quantitative estimate of drug-likeness (QED) is 0.800. The Balaban J connectivity index is 2.68. The Bertz CT molecular complexity index is 302. The maximum Gasteiger partial charge on any atom is 0.141 e. The molecule has 0 fully saturated rings. The van der Waals surface area contributed by atoms with Gasteiger partial charge in [-0.1, -0.05) is 0 Å². The van der Waals surface area contributed by atoms with Gasteiger partial charge in [-0.3, -0.25) is 4.98 Å². The Labute approximate surface area is 90.4 Å². The molecule has 2 N–H and O–H groups in total. The van der Waals surface area contributed by atoms with Gasteiger partial charge in [0.2, 0.25) is 0 Å². The zero-order valence-electron chi connectivity index (χ0n) is 9.43. The minimum Gasteiger partial charge on any atom is -0.495 e. The summed E-state index contributed by atoms with van der Waals surface area (Å²) in [5.74, 6) is 0.706. The summed E-state index contributed by atoms with van der Waals surface area (Å²) in [6.07, 6.45) is 3.54. The van der Waals surface area contributed by atoms with Gasteiger partial charge in [0.05, 0.1) is 32.1 Å². The van der Waals surface area contributed by atoms with E-state index in [0.29, 0.717) is 12.4 Å². The number of ether oxygens (including phenoxy) is 2. The fraction of sp³-hybridized carbons (Fsp3) is 0.545. The lowest BCUT2D eigenvalue weighted by Gasteiger charge is -2.16. The van der Waals surface area contributed by atoms with Gasteiger partial charge in [0, 0.05) is 11.8 Å². The van der Waals surface area contributed by atoms with Gasteiger partial charge < -0.3 is 15.2 Å². The van der Waals surface area contributed by atoms with Gasteiger partial charge in [-0.25, -0.2) is 0 Å². The first-order chi connectivity index (χ1) is 7.15. The van der Waals surface area contributed by atoms with Crippen LogP contribution >= 0.6 is 0 Å². The van der Waals surface area contributed by atoms with Crippen LogP contribution in [0.5, 0.6) is 5.75 Å². The topological polar surface area (TPSA) is 57.4 Å². The van der Waals surface area contributed by atoms with E-state index in [4.69, 9.17) is 15.2 Å². The van der Waals surface area contributed by atoms with Crippen molar-refractivity contribution in [2.75, 3.05) is 13.7 Å². The monoisotopic (exact) mass is 210 g/mol. The van der Waals surface area contributed by atoms with Crippen LogP contribution in [0.2, 0.25) is 0 Å². The van der Waals surface area contributed by atoms with E-state index in [1.54, 1.807) is 19.5 Å². The molecule has 0 aromatic carbocycles. The van der Waals surface area contributed by atoms with Crippen LogP contribution in [0.25, 0.3) is 0 Å². The van der Waals surface area contributed by atoms with Crippen LogP contribution in [0, 0.1) is 0 Å². The van der Waals surface area contributed by atoms with Crippen LogP contribution < -0.4 is 10.5 Å². The average Bonchev–Trinajstić information content (AvgIpc) is 2.25. The molecule has 0 aliphatic rings. The largest absolute Gasteiger partial charge is 0.495 e. The van der Waals surface area contributed by atoms with E-state index in [9.17, 15) is 0 Å². The molecule has 0 bridgehead atoms. The Morgan fingerprint density at radius 3 is 2.80 bits per heavy atom. The Kier molecular flexibility index (Phi) is 4.52. The van der Waals surface area contributed by atoms with Crippen molar-refractivity contribution in [1.82, 2.24) is 4.98 Å². The average molecular weight is 210 g/mol. The molecule has 84 valence electrons. The lowest BCUT2D eigenvalue weighted by atomic mass is 10.1. The normalized spacial score (nSPS) is 12.9. The number of hydrogen-bond acceptors (Lipinski definition) is 4. The summed E-state index contributed by atoms with van der Waals surface area (Å²) < 4.78 is 10.6. The van der Waals surface area contributed by atoms with Crippen molar-refractivity contribution in [2.45, 2.75) is 26.0 Å². The van der Waals surface area contributed by atoms with Gasteiger partial charge in [-0.15, -0.1) is 0 Å². The van der Waals surface area contributed by atoms with E-state index in [2.05, 4.69) is 4.98 Å². The van der Waals surface area contributed by atoms with E-state index in [1.807, 2.05) is 19.9 Å². The molecule has 15 heavy (non-hydrogen) atoms. The molecule has 1 rings (SSSR count). The van der Waals surface area contributed by atoms with Crippen LogP contribution in [0.3, 0.4) is 0 Å². The van der Waals surface area contributed by atoms with Crippen LogP contribution in [0.1, 0.15) is 25.5 Å². The highest BCUT2D eigenvalue weighted by atomic mass is 16.5. The molecular formula is C11H18N2O2. The van der Waals surface area contributed by atoms with Gasteiger partial charge in [0.25, 0.3) is 0 Å². The smallest absolute Gasteiger partial charge is 0.141 e. The molecule has 4 nitrogen and oxygen atoms in total. The second-order valence-corrected chi connectivity index (χ2v) is 3.61. The first-order valence-corrected chi connectivity index (χ1v) is 5.00. The van der Waals surface area contributed by atoms with Crippen LogP contribution in [-0.2, 0) is 4.74 Å². The summed E-state index contributed by atoms with van der Waals surface area (Å²) in [6, 6.07) is 1.68. The molecule has 0 amide bonds. The molecule has 0 aliphatic carbocycles. The lowest BCUT2D eigenvalue weighted by Crippen LogP contribution is -2.20. The van der Waals surface area contributed by atoms with Crippen molar-refractivity contribution in [2.24, 2.45) is 5.73 Å². The number of methoxy groups -OCH3 is 1. The van der Waals surface area contributed by atoms with Gasteiger partial charge in [-0.2, -0.15) is 0 Å². The van der Waals surface area contributed by atoms with E-state index in [1.165, 1.54) is 0 Å². The van der Waals surface area contributed by atoms with E-state index < -0.39 is 0 Å². The molecule has 0 saturated heterocycles. The number of nitrogens with zero attached hydrogens (tertiary/aromatic N) is 1. The SMILES string of the molecule is COc1cnccc1C(N)COC(C)C. The summed E-state index contributed by atoms with van der Waals surface area (Å²) in [5.41, 5.74) is 6.91. The molecular weight excluding hydrogens is 192 g/mol. The number of hydrogen-bond donors (Lipinski definition) is 1. The highest BCUT2D eigenvalue weighted by Crippen LogP contribution is 2.22. The zero-order valence-corrected chi connectivity index (χ0v) is 9.43. The number of rotatable bonds is 5. The fourth-order valence-corrected chi connectivity index (χ4v) is 1.25. The molecule has 0 spiro atoms. The molecule has 0 saturated carbocycles. The van der Waals surface area contributed by atoms with E-state index in [-0.39, 0.29) is 12.1 Å². The maximum atomic E-state index is 5.99. The van der Waals surface area contributed by atoms with Gasteiger partial charge in [0.1, 0.15) is 5.75 Å². The van der Waals surface area contributed by atoms with Gasteiger partial charge in [0.15, 0.2) is 0 Å². The van der Waals surface area contributed by atoms with Crippen LogP contribution in [0.4, 0.5) is 0 Å². The second kappa shape index (κ2) is 5.68. The fourth-order valence-electron chi connectivity index (χ4n) is 1.25. The summed E-state index contributed by atoms with van der Waals surface area (Å²) in [6.45, 7) is 4.45. The molecule has 0 radical (unpaired) electrons. The van der Waals surface area contributed by atoms with E-state index >= 15 is 0 Å². The zero-order chi connectivity index (χ0) is 11.3. The highest BCUT2D eigenvalue weighted by molar-refractivity contribution is 5.32. The van der Waals surface area contributed by atoms with Crippen LogP contribution in [-0.4, -0.2) is 24.8 Å². The first kappa shape index (κ1) is 11.9. The van der Waals surface area contributed by atoms with Gasteiger partial charge in [-0.05, 0) is 19.9 Å². The molecule has 4 heteroatoms. The van der Waals surface area contributed by atoms with Crippen molar-refractivity contribution in [3.63, 3.8) is 0 Å². The molecule has 1 unspecified atom stereocenters. The number of aromatic nitrogens is 1. The maximum absolute atomic E-state index is 5.99. The third-order valence-electron chi connectivity index (χ3n) is 2.04. The lowest BCUT2D eigenvalue weighted by molar-refractivity contribution is 0.0678. The van der Waals surface area contributed by atoms with Gasteiger partial charge >= 0.3 is 0 Å². The standard InChI is InChI=1S/C11H18N2O2/c1-8(2)15-7-10(12)9-4-5-13-6-11(9)14-3/h4-6,8,10H,7,12H2,1-3H3. The predicted octanol–water partition coefficient (Wildman–Crippen LogP) is 1.51. The Hall–Kier alpha value is -1.13. The summed E-state index contributed by atoms with van der Waals surface area (Å²) in [4.78, 5) is 3.97. The third kappa shape index (κ3) is 3.49. The summed E-state index contributed by atoms with van der Waals surface area (Å²) in [7, 11) is 1.61. The first-order valence-electron chi connectivity index (χ1n) is 5.00. The molecule has 1 aromatic rings. The van der Waals surface area contributed by atoms with Crippen molar-refractivity contribution >= 4 is 0 Å². The third-order valence-corrected chi connectivity index (χ3v) is 2.04. The second-order valence-electron chi connectivity index (χ2n) is 3.61. The highest BCUT2D eigenvalue weighted by Gasteiger charge is 2.12. The van der Waals surface area contributed by atoms with Crippen molar-refractivity contribution in [1.29, 1.82) is 0 Å². The molecule has 1 aromatic heterocycles. The van der Waals surface area contributed by atoms with Crippen LogP contribution in [0.15, 0.2) is 18.5 Å². The Morgan fingerprint density at radius 1 is 1.47 bits per heavy atom. The van der Waals surface area contributed by atoms with Crippen molar-refractivity contribution < 1.29 is 9.47 Å². The molecule has 1 atom stereocenters.